The number of fused-ring (bicyclic) bond motifs is 1. The fourth-order valence-corrected chi connectivity index (χ4v) is 4.24. The molecule has 35 heavy (non-hydrogen) atoms. The highest BCUT2D eigenvalue weighted by molar-refractivity contribution is 5.74. The van der Waals surface area contributed by atoms with Gasteiger partial charge in [0.15, 0.2) is 11.5 Å². The molecular weight excluding hydrogens is 446 g/mol. The van der Waals surface area contributed by atoms with Crippen LogP contribution < -0.4 is 5.32 Å². The van der Waals surface area contributed by atoms with Gasteiger partial charge in [-0.25, -0.2) is 19.4 Å². The molecule has 5 heterocycles. The molecule has 0 bridgehead atoms. The minimum atomic E-state index is -0.495. The van der Waals surface area contributed by atoms with Gasteiger partial charge in [0.2, 0.25) is 0 Å². The summed E-state index contributed by atoms with van der Waals surface area (Å²) in [6, 6.07) is 7.80. The van der Waals surface area contributed by atoms with Gasteiger partial charge in [-0.3, -0.25) is 4.40 Å². The molecule has 0 atom stereocenters. The summed E-state index contributed by atoms with van der Waals surface area (Å²) in [5.41, 5.74) is 2.80. The van der Waals surface area contributed by atoms with Crippen LogP contribution in [0.2, 0.25) is 0 Å². The summed E-state index contributed by atoms with van der Waals surface area (Å²) >= 11 is 0. The number of nitrogens with one attached hydrogen (secondary N) is 1. The fourth-order valence-electron chi connectivity index (χ4n) is 4.24. The quantitative estimate of drug-likeness (QED) is 0.473. The zero-order valence-electron chi connectivity index (χ0n) is 20.3. The molecule has 5 rings (SSSR count). The molecule has 11 nitrogen and oxygen atoms in total. The summed E-state index contributed by atoms with van der Waals surface area (Å²) < 4.78 is 9.17. The Morgan fingerprint density at radius 2 is 1.91 bits per heavy atom. The molecule has 182 valence electrons. The van der Waals surface area contributed by atoms with E-state index < -0.39 is 5.60 Å². The molecule has 0 spiro atoms. The van der Waals surface area contributed by atoms with E-state index in [1.807, 2.05) is 62.6 Å². The number of ether oxygens (including phenoxy) is 1. The molecule has 1 amide bonds. The summed E-state index contributed by atoms with van der Waals surface area (Å²) in [5.74, 6) is 1.82. The van der Waals surface area contributed by atoms with Crippen LogP contribution in [0.4, 0.5) is 16.2 Å². The second-order valence-corrected chi connectivity index (χ2v) is 9.68. The van der Waals surface area contributed by atoms with Gasteiger partial charge in [0.05, 0.1) is 17.1 Å². The Bertz CT molecular complexity index is 1330. The van der Waals surface area contributed by atoms with Crippen molar-refractivity contribution in [1.82, 2.24) is 39.2 Å². The summed E-state index contributed by atoms with van der Waals surface area (Å²) in [5, 5.41) is 16.6. The summed E-state index contributed by atoms with van der Waals surface area (Å²) in [4.78, 5) is 22.8. The van der Waals surface area contributed by atoms with Crippen LogP contribution in [0.25, 0.3) is 11.5 Å². The molecule has 1 aliphatic heterocycles. The minimum Gasteiger partial charge on any atom is -0.444 e. The SMILES string of the molecule is Cc1nc(-n2cncn2)ccc1Nc1cccn2c(C3CCN(C(=O)OC(C)(C)C)CC3)nnc12. The maximum absolute atomic E-state index is 12.4. The number of amides is 1. The van der Waals surface area contributed by atoms with E-state index >= 15 is 0 Å². The molecule has 1 saturated heterocycles. The van der Waals surface area contributed by atoms with Crippen molar-refractivity contribution in [3.63, 3.8) is 0 Å². The Balaban J connectivity index is 1.32. The third-order valence-electron chi connectivity index (χ3n) is 5.97. The van der Waals surface area contributed by atoms with Gasteiger partial charge >= 0.3 is 6.09 Å². The number of carbonyl (C=O) groups excluding carboxylic acids is 1. The summed E-state index contributed by atoms with van der Waals surface area (Å²) in [6.07, 6.45) is 6.44. The molecule has 1 aliphatic rings. The number of carbonyl (C=O) groups is 1. The normalized spacial score (nSPS) is 14.9. The van der Waals surface area contributed by atoms with Crippen molar-refractivity contribution < 1.29 is 9.53 Å². The predicted molar refractivity (Wildman–Crippen MR) is 130 cm³/mol. The van der Waals surface area contributed by atoms with Gasteiger partial charge < -0.3 is 15.0 Å². The van der Waals surface area contributed by atoms with Crippen molar-refractivity contribution in [2.24, 2.45) is 0 Å². The van der Waals surface area contributed by atoms with Crippen LogP contribution in [0.15, 0.2) is 43.1 Å². The van der Waals surface area contributed by atoms with Crippen molar-refractivity contribution in [3.05, 3.63) is 54.6 Å². The highest BCUT2D eigenvalue weighted by atomic mass is 16.6. The molecule has 4 aromatic rings. The lowest BCUT2D eigenvalue weighted by Crippen LogP contribution is -2.41. The number of hydrogen-bond donors (Lipinski definition) is 1. The smallest absolute Gasteiger partial charge is 0.410 e. The average molecular weight is 476 g/mol. The van der Waals surface area contributed by atoms with E-state index in [0.29, 0.717) is 18.9 Å². The van der Waals surface area contributed by atoms with Crippen LogP contribution >= 0.6 is 0 Å². The Morgan fingerprint density at radius 3 is 2.60 bits per heavy atom. The number of likely N-dealkylation sites (tertiary alicyclic amines) is 1. The van der Waals surface area contributed by atoms with Crippen LogP contribution in [-0.4, -0.2) is 64.0 Å². The van der Waals surface area contributed by atoms with E-state index in [1.165, 1.54) is 6.33 Å². The standard InChI is InChI=1S/C24H29N9O2/c1-16-18(7-8-20(27-16)33-15-25-14-26-33)28-19-6-5-11-32-21(29-30-22(19)32)17-9-12-31(13-10-17)23(34)35-24(2,3)4/h5-8,11,14-15,17,28H,9-10,12-13H2,1-4H3. The lowest BCUT2D eigenvalue weighted by Gasteiger charge is -2.32. The van der Waals surface area contributed by atoms with Crippen LogP contribution in [0, 0.1) is 6.92 Å². The number of piperidine rings is 1. The van der Waals surface area contributed by atoms with Gasteiger partial charge in [-0.15, -0.1) is 10.2 Å². The Labute approximate surface area is 203 Å². The largest absolute Gasteiger partial charge is 0.444 e. The third-order valence-corrected chi connectivity index (χ3v) is 5.97. The topological polar surface area (TPSA) is 115 Å². The fraction of sp³-hybridized carbons (Fsp3) is 0.417. The highest BCUT2D eigenvalue weighted by Crippen LogP contribution is 2.30. The van der Waals surface area contributed by atoms with E-state index in [1.54, 1.807) is 15.9 Å². The second kappa shape index (κ2) is 8.97. The van der Waals surface area contributed by atoms with Crippen molar-refractivity contribution in [1.29, 1.82) is 0 Å². The van der Waals surface area contributed by atoms with Crippen LogP contribution in [0.1, 0.15) is 51.0 Å². The number of anilines is 2. The highest BCUT2D eigenvalue weighted by Gasteiger charge is 2.29. The number of hydrogen-bond acceptors (Lipinski definition) is 8. The van der Waals surface area contributed by atoms with E-state index in [9.17, 15) is 4.79 Å². The van der Waals surface area contributed by atoms with Crippen molar-refractivity contribution in [2.45, 2.75) is 52.1 Å². The van der Waals surface area contributed by atoms with Crippen LogP contribution in [0.3, 0.4) is 0 Å². The molecule has 11 heteroatoms. The molecule has 0 unspecified atom stereocenters. The Hall–Kier alpha value is -4.02. The van der Waals surface area contributed by atoms with Crippen molar-refractivity contribution in [2.75, 3.05) is 18.4 Å². The van der Waals surface area contributed by atoms with E-state index in [0.717, 1.165) is 41.4 Å². The second-order valence-electron chi connectivity index (χ2n) is 9.68. The molecular formula is C24H29N9O2. The molecule has 1 fully saturated rings. The van der Waals surface area contributed by atoms with Gasteiger partial charge in [0.25, 0.3) is 0 Å². The molecule has 1 N–H and O–H groups in total. The van der Waals surface area contributed by atoms with Gasteiger partial charge in [0.1, 0.15) is 24.1 Å². The molecule has 0 aliphatic carbocycles. The summed E-state index contributed by atoms with van der Waals surface area (Å²) in [7, 11) is 0. The maximum atomic E-state index is 12.4. The third kappa shape index (κ3) is 4.79. The Morgan fingerprint density at radius 1 is 1.11 bits per heavy atom. The number of pyridine rings is 2. The first-order valence-electron chi connectivity index (χ1n) is 11.7. The van der Waals surface area contributed by atoms with Crippen molar-refractivity contribution >= 4 is 23.1 Å². The molecule has 0 aromatic carbocycles. The number of aryl methyl sites for hydroxylation is 1. The lowest BCUT2D eigenvalue weighted by atomic mass is 9.96. The van der Waals surface area contributed by atoms with Gasteiger partial charge in [-0.1, -0.05) is 0 Å². The molecule has 4 aromatic heterocycles. The first-order valence-corrected chi connectivity index (χ1v) is 11.7. The number of nitrogens with zero attached hydrogens (tertiary/aromatic N) is 8. The average Bonchev–Trinajstić information content (AvgIpc) is 3.50. The molecule has 0 saturated carbocycles. The van der Waals surface area contributed by atoms with E-state index in [-0.39, 0.29) is 12.0 Å². The zero-order valence-corrected chi connectivity index (χ0v) is 20.3. The van der Waals surface area contributed by atoms with Crippen LogP contribution in [0.5, 0.6) is 0 Å². The minimum absolute atomic E-state index is 0.212. The lowest BCUT2D eigenvalue weighted by molar-refractivity contribution is 0.0203. The summed E-state index contributed by atoms with van der Waals surface area (Å²) in [6.45, 7) is 8.86. The van der Waals surface area contributed by atoms with Gasteiger partial charge in [-0.05, 0) is 64.8 Å². The van der Waals surface area contributed by atoms with E-state index in [2.05, 4.69) is 30.6 Å². The number of rotatable bonds is 4. The van der Waals surface area contributed by atoms with Crippen LogP contribution in [-0.2, 0) is 4.74 Å². The maximum Gasteiger partial charge on any atom is 0.410 e. The first kappa shape index (κ1) is 22.8. The molecule has 0 radical (unpaired) electrons. The monoisotopic (exact) mass is 475 g/mol. The first-order chi connectivity index (χ1) is 16.8. The van der Waals surface area contributed by atoms with Gasteiger partial charge in [-0.2, -0.15) is 5.10 Å². The van der Waals surface area contributed by atoms with Crippen molar-refractivity contribution in [3.8, 4) is 5.82 Å². The predicted octanol–water partition coefficient (Wildman–Crippen LogP) is 3.87. The van der Waals surface area contributed by atoms with E-state index in [4.69, 9.17) is 4.74 Å². The number of aromatic nitrogens is 7. The van der Waals surface area contributed by atoms with Gasteiger partial charge in [0, 0.05) is 25.2 Å². The Kier molecular flexibility index (Phi) is 5.83. The zero-order chi connectivity index (χ0) is 24.6.